The van der Waals surface area contributed by atoms with Gasteiger partial charge < -0.3 is 29.4 Å². The molecule has 1 aliphatic rings. The van der Waals surface area contributed by atoms with Crippen LogP contribution < -0.4 is 29.4 Å². The minimum absolute atomic E-state index is 0.118. The Bertz CT molecular complexity index is 1610. The van der Waals surface area contributed by atoms with E-state index in [0.717, 1.165) is 19.3 Å². The van der Waals surface area contributed by atoms with E-state index >= 15 is 0 Å². The molecule has 1 atom stereocenters. The van der Waals surface area contributed by atoms with Crippen molar-refractivity contribution in [1.82, 2.24) is 0 Å². The molecule has 3 aromatic carbocycles. The van der Waals surface area contributed by atoms with E-state index in [1.807, 2.05) is 6.92 Å². The molecule has 0 aromatic heterocycles. The number of allylic oxidation sites excluding steroid dienone is 1. The van der Waals surface area contributed by atoms with E-state index in [0.29, 0.717) is 35.8 Å². The van der Waals surface area contributed by atoms with Gasteiger partial charge in [0.05, 0.1) is 19.1 Å². The number of nitriles is 1. The van der Waals surface area contributed by atoms with Crippen molar-refractivity contribution < 1.29 is 50.4 Å². The summed E-state index contributed by atoms with van der Waals surface area (Å²) in [4.78, 5) is 12.3. The number of hydrogen-bond acceptors (Lipinski definition) is 8. The van der Waals surface area contributed by atoms with E-state index < -0.39 is 53.3 Å². The summed E-state index contributed by atoms with van der Waals surface area (Å²) >= 11 is 0. The number of carbonyl (C=O) groups excluding carboxylic acids is 1. The summed E-state index contributed by atoms with van der Waals surface area (Å²) in [6.45, 7) is 3.61. The first-order chi connectivity index (χ1) is 21.1. The normalized spacial score (nSPS) is 13.9. The molecule has 13 heteroatoms. The fourth-order valence-electron chi connectivity index (χ4n) is 4.47. The van der Waals surface area contributed by atoms with Gasteiger partial charge in [-0.2, -0.15) is 14.0 Å². The molecule has 1 unspecified atom stereocenters. The van der Waals surface area contributed by atoms with E-state index in [2.05, 4.69) is 17.7 Å². The summed E-state index contributed by atoms with van der Waals surface area (Å²) in [6, 6.07) is 11.5. The molecule has 2 N–H and O–H groups in total. The lowest BCUT2D eigenvalue weighted by Gasteiger charge is -2.27. The van der Waals surface area contributed by atoms with Crippen molar-refractivity contribution in [1.29, 1.82) is 5.26 Å². The molecule has 0 saturated heterocycles. The number of hydrogen-bond donors (Lipinski definition) is 1. The molecular formula is C31H27F5N2O6. The quantitative estimate of drug-likeness (QED) is 0.0607. The van der Waals surface area contributed by atoms with Crippen LogP contribution in [-0.2, 0) is 4.79 Å². The van der Waals surface area contributed by atoms with Crippen LogP contribution in [0.4, 0.5) is 22.0 Å². The molecule has 0 radical (unpaired) electrons. The van der Waals surface area contributed by atoms with E-state index in [4.69, 9.17) is 24.7 Å². The maximum absolute atomic E-state index is 13.8. The Morgan fingerprint density at radius 1 is 0.909 bits per heavy atom. The van der Waals surface area contributed by atoms with E-state index in [9.17, 15) is 32.0 Å². The highest BCUT2D eigenvalue weighted by Crippen LogP contribution is 2.45. The lowest BCUT2D eigenvalue weighted by Crippen LogP contribution is -2.22. The molecular weight excluding hydrogens is 591 g/mol. The second-order valence-corrected chi connectivity index (χ2v) is 9.48. The molecule has 1 aliphatic heterocycles. The van der Waals surface area contributed by atoms with Gasteiger partial charge in [0.25, 0.3) is 0 Å². The number of halogens is 5. The second-order valence-electron chi connectivity index (χ2n) is 9.48. The zero-order valence-corrected chi connectivity index (χ0v) is 23.6. The van der Waals surface area contributed by atoms with Gasteiger partial charge in [-0.1, -0.05) is 31.9 Å². The third-order valence-corrected chi connectivity index (χ3v) is 6.53. The molecule has 232 valence electrons. The number of nitrogens with zero attached hydrogens (tertiary/aromatic N) is 1. The van der Waals surface area contributed by atoms with E-state index in [1.54, 1.807) is 18.2 Å². The number of carbonyl (C=O) groups is 1. The topological polar surface area (TPSA) is 113 Å². The maximum Gasteiger partial charge on any atom is 0.349 e. The predicted octanol–water partition coefficient (Wildman–Crippen LogP) is 6.55. The largest absolute Gasteiger partial charge is 0.490 e. The number of rotatable bonds is 12. The molecule has 3 aromatic rings. The highest BCUT2D eigenvalue weighted by Gasteiger charge is 2.32. The van der Waals surface area contributed by atoms with Crippen LogP contribution >= 0.6 is 0 Å². The molecule has 0 aliphatic carbocycles. The number of fused-ring (bicyclic) bond motifs is 1. The third kappa shape index (κ3) is 6.64. The zero-order chi connectivity index (χ0) is 32.0. The average Bonchev–Trinajstić information content (AvgIpc) is 3.01. The lowest BCUT2D eigenvalue weighted by molar-refractivity contribution is -0.136. The lowest BCUT2D eigenvalue weighted by atomic mass is 9.83. The van der Waals surface area contributed by atoms with Crippen LogP contribution in [0.1, 0.15) is 50.2 Å². The van der Waals surface area contributed by atoms with Crippen molar-refractivity contribution in [3.8, 4) is 34.8 Å². The fraction of sp³-hybridized carbons (Fsp3) is 0.290. The molecule has 44 heavy (non-hydrogen) atoms. The highest BCUT2D eigenvalue weighted by atomic mass is 19.2. The first-order valence-corrected chi connectivity index (χ1v) is 13.6. The number of ether oxygens (including phenoxy) is 5. The standard InChI is InChI=1S/C31H27F5N2O6/c1-3-5-6-11-41-20-10-7-16(12-22(20)40-4-2)24-18-9-8-17(13-21(18)44-31(38)19(24)14-37)43-23(39)15-42-30-28(35)26(33)25(32)27(34)29(30)36/h7-10,12-13,24H,3-6,11,15,38H2,1-2H3. The summed E-state index contributed by atoms with van der Waals surface area (Å²) in [6.07, 6.45) is 2.94. The van der Waals surface area contributed by atoms with Crippen molar-refractivity contribution in [3.63, 3.8) is 0 Å². The Morgan fingerprint density at radius 2 is 1.61 bits per heavy atom. The molecule has 4 rings (SSSR count). The van der Waals surface area contributed by atoms with E-state index in [-0.39, 0.29) is 23.0 Å². The van der Waals surface area contributed by atoms with Gasteiger partial charge in [-0.15, -0.1) is 0 Å². The van der Waals surface area contributed by atoms with Gasteiger partial charge in [0.1, 0.15) is 23.1 Å². The van der Waals surface area contributed by atoms with Crippen LogP contribution in [0.5, 0.6) is 28.7 Å². The SMILES string of the molecule is CCCCCOc1ccc(C2C(C#N)=C(N)Oc3cc(OC(=O)COc4c(F)c(F)c(F)c(F)c4F)ccc32)cc1OCC. The molecule has 0 spiro atoms. The Hall–Kier alpha value is -4.99. The Labute approximate surface area is 249 Å². The second kappa shape index (κ2) is 14.0. The van der Waals surface area contributed by atoms with E-state index in [1.165, 1.54) is 18.2 Å². The molecule has 8 nitrogen and oxygen atoms in total. The smallest absolute Gasteiger partial charge is 0.349 e. The van der Waals surface area contributed by atoms with Gasteiger partial charge in [0.15, 0.2) is 23.9 Å². The van der Waals surface area contributed by atoms with Crippen molar-refractivity contribution in [2.24, 2.45) is 5.73 Å². The van der Waals surface area contributed by atoms with Crippen LogP contribution in [0.2, 0.25) is 0 Å². The fourth-order valence-corrected chi connectivity index (χ4v) is 4.47. The summed E-state index contributed by atoms with van der Waals surface area (Å²) < 4.78 is 94.7. The molecule has 0 amide bonds. The number of unbranched alkanes of at least 4 members (excludes halogenated alkanes) is 2. The predicted molar refractivity (Wildman–Crippen MR) is 146 cm³/mol. The van der Waals surface area contributed by atoms with Crippen LogP contribution in [0, 0.1) is 40.4 Å². The summed E-state index contributed by atoms with van der Waals surface area (Å²) in [5, 5.41) is 9.90. The minimum atomic E-state index is -2.36. The maximum atomic E-state index is 13.8. The first kappa shape index (κ1) is 31.9. The van der Waals surface area contributed by atoms with Gasteiger partial charge in [0.2, 0.25) is 35.0 Å². The molecule has 1 heterocycles. The van der Waals surface area contributed by atoms with Crippen LogP contribution in [0.3, 0.4) is 0 Å². The Balaban J connectivity index is 1.56. The van der Waals surface area contributed by atoms with Gasteiger partial charge in [-0.05, 0) is 37.1 Å². The summed E-state index contributed by atoms with van der Waals surface area (Å²) in [7, 11) is 0. The molecule has 0 saturated carbocycles. The highest BCUT2D eigenvalue weighted by molar-refractivity contribution is 5.74. The number of esters is 1. The van der Waals surface area contributed by atoms with Crippen molar-refractivity contribution in [2.75, 3.05) is 19.8 Å². The minimum Gasteiger partial charge on any atom is -0.490 e. The molecule has 0 bridgehead atoms. The van der Waals surface area contributed by atoms with Gasteiger partial charge >= 0.3 is 5.97 Å². The number of nitrogens with two attached hydrogens (primary N) is 1. The van der Waals surface area contributed by atoms with Crippen molar-refractivity contribution >= 4 is 5.97 Å². The van der Waals surface area contributed by atoms with Crippen molar-refractivity contribution in [3.05, 3.63) is 88.1 Å². The van der Waals surface area contributed by atoms with Gasteiger partial charge in [0, 0.05) is 11.6 Å². The Kier molecular flexibility index (Phi) is 10.2. The first-order valence-electron chi connectivity index (χ1n) is 13.6. The monoisotopic (exact) mass is 618 g/mol. The van der Waals surface area contributed by atoms with Gasteiger partial charge in [-0.3, -0.25) is 0 Å². The average molecular weight is 619 g/mol. The summed E-state index contributed by atoms with van der Waals surface area (Å²) in [5.41, 5.74) is 7.33. The summed E-state index contributed by atoms with van der Waals surface area (Å²) in [5.74, 6) is -14.0. The zero-order valence-electron chi connectivity index (χ0n) is 23.6. The van der Waals surface area contributed by atoms with Crippen LogP contribution in [-0.4, -0.2) is 25.8 Å². The van der Waals surface area contributed by atoms with Gasteiger partial charge in [-0.25, -0.2) is 18.0 Å². The van der Waals surface area contributed by atoms with Crippen molar-refractivity contribution in [2.45, 2.75) is 39.0 Å². The Morgan fingerprint density at radius 3 is 2.27 bits per heavy atom. The van der Waals surface area contributed by atoms with Crippen LogP contribution in [0.25, 0.3) is 0 Å². The molecule has 0 fully saturated rings. The number of benzene rings is 3. The van der Waals surface area contributed by atoms with Crippen LogP contribution in [0.15, 0.2) is 47.9 Å². The third-order valence-electron chi connectivity index (χ3n) is 6.53.